The maximum absolute atomic E-state index is 9.97. The molecule has 88 valence electrons. The maximum atomic E-state index is 9.97. The summed E-state index contributed by atoms with van der Waals surface area (Å²) >= 11 is 5.99. The molecule has 5 heteroatoms. The number of aliphatic hydroxyl groups excluding tert-OH is 1. The molecule has 0 bridgehead atoms. The summed E-state index contributed by atoms with van der Waals surface area (Å²) in [7, 11) is 0. The molecule has 0 saturated heterocycles. The molecule has 0 amide bonds. The highest BCUT2D eigenvalue weighted by Gasteiger charge is 2.10. The molecule has 0 fully saturated rings. The molecule has 2 rings (SSSR count). The van der Waals surface area contributed by atoms with E-state index in [1.54, 1.807) is 30.7 Å². The second-order valence-electron chi connectivity index (χ2n) is 3.51. The summed E-state index contributed by atoms with van der Waals surface area (Å²) in [4.78, 5) is 7.97. The minimum Gasteiger partial charge on any atom is -0.387 e. The number of benzene rings is 1. The van der Waals surface area contributed by atoms with Gasteiger partial charge in [-0.2, -0.15) is 0 Å². The zero-order valence-electron chi connectivity index (χ0n) is 9.05. The van der Waals surface area contributed by atoms with Crippen LogP contribution in [0.15, 0.2) is 42.9 Å². The van der Waals surface area contributed by atoms with Crippen molar-refractivity contribution in [3.05, 3.63) is 53.4 Å². The Balaban J connectivity index is 1.99. The second-order valence-corrected chi connectivity index (χ2v) is 3.92. The molecule has 1 aromatic carbocycles. The lowest BCUT2D eigenvalue weighted by atomic mass is 10.1. The predicted octanol–water partition coefficient (Wildman–Crippen LogP) is 2.28. The van der Waals surface area contributed by atoms with E-state index < -0.39 is 6.10 Å². The van der Waals surface area contributed by atoms with Gasteiger partial charge in [-0.15, -0.1) is 0 Å². The average molecular weight is 250 g/mol. The third-order valence-corrected chi connectivity index (χ3v) is 2.65. The van der Waals surface area contributed by atoms with Gasteiger partial charge in [-0.05, 0) is 6.07 Å². The Bertz CT molecular complexity index is 478. The fourth-order valence-electron chi connectivity index (χ4n) is 1.45. The molecule has 1 aromatic heterocycles. The topological polar surface area (TPSA) is 58.0 Å². The average Bonchev–Trinajstić information content (AvgIpc) is 2.38. The van der Waals surface area contributed by atoms with E-state index in [0.29, 0.717) is 22.9 Å². The Morgan fingerprint density at radius 3 is 2.82 bits per heavy atom. The molecule has 1 unspecified atom stereocenters. The lowest BCUT2D eigenvalue weighted by molar-refractivity contribution is 0.191. The highest BCUT2D eigenvalue weighted by Crippen LogP contribution is 2.22. The third-order valence-electron chi connectivity index (χ3n) is 2.30. The van der Waals surface area contributed by atoms with Crippen LogP contribution in [-0.2, 0) is 0 Å². The molecule has 4 nitrogen and oxygen atoms in total. The fraction of sp³-hybridized carbons (Fsp3) is 0.167. The second kappa shape index (κ2) is 5.61. The van der Waals surface area contributed by atoms with E-state index >= 15 is 0 Å². The van der Waals surface area contributed by atoms with Crippen molar-refractivity contribution in [3.8, 4) is 0 Å². The zero-order chi connectivity index (χ0) is 12.1. The van der Waals surface area contributed by atoms with Gasteiger partial charge in [-0.25, -0.2) is 4.98 Å². The van der Waals surface area contributed by atoms with Crippen LogP contribution in [0.1, 0.15) is 11.7 Å². The number of hydrogen-bond donors (Lipinski definition) is 2. The summed E-state index contributed by atoms with van der Waals surface area (Å²) in [5, 5.41) is 13.5. The molecular formula is C12H12ClN3O. The van der Waals surface area contributed by atoms with Crippen molar-refractivity contribution in [2.24, 2.45) is 0 Å². The van der Waals surface area contributed by atoms with Crippen LogP contribution in [0.25, 0.3) is 0 Å². The smallest absolute Gasteiger partial charge is 0.144 e. The summed E-state index contributed by atoms with van der Waals surface area (Å²) in [5.41, 5.74) is 0.700. The van der Waals surface area contributed by atoms with Gasteiger partial charge in [0.05, 0.1) is 12.3 Å². The first kappa shape index (κ1) is 11.8. The molecule has 2 aromatic rings. The van der Waals surface area contributed by atoms with Gasteiger partial charge in [-0.3, -0.25) is 4.98 Å². The summed E-state index contributed by atoms with van der Waals surface area (Å²) in [6.45, 7) is 0.336. The van der Waals surface area contributed by atoms with Gasteiger partial charge in [0.2, 0.25) is 0 Å². The van der Waals surface area contributed by atoms with Crippen LogP contribution < -0.4 is 5.32 Å². The molecule has 1 atom stereocenters. The van der Waals surface area contributed by atoms with Crippen molar-refractivity contribution >= 4 is 17.4 Å². The summed E-state index contributed by atoms with van der Waals surface area (Å²) < 4.78 is 0. The third kappa shape index (κ3) is 3.15. The minimum atomic E-state index is -0.675. The summed E-state index contributed by atoms with van der Waals surface area (Å²) in [6.07, 6.45) is 4.10. The van der Waals surface area contributed by atoms with E-state index in [-0.39, 0.29) is 0 Å². The van der Waals surface area contributed by atoms with Crippen molar-refractivity contribution in [3.63, 3.8) is 0 Å². The SMILES string of the molecule is OC(CNc1cnccn1)c1ccccc1Cl. The Morgan fingerprint density at radius 1 is 1.29 bits per heavy atom. The number of aliphatic hydroxyl groups is 1. The van der Waals surface area contributed by atoms with Crippen LogP contribution in [-0.4, -0.2) is 21.6 Å². The number of aromatic nitrogens is 2. The standard InChI is InChI=1S/C12H12ClN3O/c13-10-4-2-1-3-9(10)11(17)7-16-12-8-14-5-6-15-12/h1-6,8,11,17H,7H2,(H,15,16). The van der Waals surface area contributed by atoms with Crippen LogP contribution in [0.3, 0.4) is 0 Å². The number of hydrogen-bond acceptors (Lipinski definition) is 4. The van der Waals surface area contributed by atoms with Gasteiger partial charge >= 0.3 is 0 Å². The van der Waals surface area contributed by atoms with Gasteiger partial charge in [0, 0.05) is 29.5 Å². The molecule has 0 aliphatic heterocycles. The summed E-state index contributed by atoms with van der Waals surface area (Å²) in [5.74, 6) is 0.624. The van der Waals surface area contributed by atoms with Crippen molar-refractivity contribution in [1.29, 1.82) is 0 Å². The van der Waals surface area contributed by atoms with Gasteiger partial charge < -0.3 is 10.4 Å². The number of rotatable bonds is 4. The zero-order valence-corrected chi connectivity index (χ0v) is 9.80. The van der Waals surface area contributed by atoms with E-state index in [0.717, 1.165) is 0 Å². The predicted molar refractivity (Wildman–Crippen MR) is 66.9 cm³/mol. The number of anilines is 1. The Morgan fingerprint density at radius 2 is 2.12 bits per heavy atom. The lowest BCUT2D eigenvalue weighted by Gasteiger charge is -2.13. The Labute approximate surface area is 104 Å². The normalized spacial score (nSPS) is 12.1. The molecule has 0 radical (unpaired) electrons. The van der Waals surface area contributed by atoms with Crippen LogP contribution in [0, 0.1) is 0 Å². The van der Waals surface area contributed by atoms with Crippen molar-refractivity contribution < 1.29 is 5.11 Å². The van der Waals surface area contributed by atoms with Gasteiger partial charge in [0.15, 0.2) is 0 Å². The van der Waals surface area contributed by atoms with Gasteiger partial charge in [-0.1, -0.05) is 29.8 Å². The molecule has 0 spiro atoms. The highest BCUT2D eigenvalue weighted by molar-refractivity contribution is 6.31. The first-order valence-corrected chi connectivity index (χ1v) is 5.57. The number of halogens is 1. The van der Waals surface area contributed by atoms with Gasteiger partial charge in [0.1, 0.15) is 5.82 Å². The van der Waals surface area contributed by atoms with E-state index in [1.807, 2.05) is 12.1 Å². The van der Waals surface area contributed by atoms with E-state index in [9.17, 15) is 5.11 Å². The van der Waals surface area contributed by atoms with Crippen LogP contribution in [0.4, 0.5) is 5.82 Å². The molecule has 2 N–H and O–H groups in total. The highest BCUT2D eigenvalue weighted by atomic mass is 35.5. The molecule has 0 aliphatic rings. The van der Waals surface area contributed by atoms with Crippen LogP contribution >= 0.6 is 11.6 Å². The first-order chi connectivity index (χ1) is 8.27. The minimum absolute atomic E-state index is 0.336. The van der Waals surface area contributed by atoms with Crippen molar-refractivity contribution in [2.75, 3.05) is 11.9 Å². The molecule has 0 saturated carbocycles. The number of nitrogens with zero attached hydrogens (tertiary/aromatic N) is 2. The van der Waals surface area contributed by atoms with Crippen LogP contribution in [0.2, 0.25) is 5.02 Å². The number of nitrogens with one attached hydrogen (secondary N) is 1. The quantitative estimate of drug-likeness (QED) is 0.873. The van der Waals surface area contributed by atoms with E-state index in [2.05, 4.69) is 15.3 Å². The van der Waals surface area contributed by atoms with E-state index in [4.69, 9.17) is 11.6 Å². The van der Waals surface area contributed by atoms with Crippen molar-refractivity contribution in [1.82, 2.24) is 9.97 Å². The largest absolute Gasteiger partial charge is 0.387 e. The Hall–Kier alpha value is -1.65. The molecule has 0 aliphatic carbocycles. The lowest BCUT2D eigenvalue weighted by Crippen LogP contribution is -2.13. The first-order valence-electron chi connectivity index (χ1n) is 5.20. The van der Waals surface area contributed by atoms with Crippen LogP contribution in [0.5, 0.6) is 0 Å². The molecule has 17 heavy (non-hydrogen) atoms. The molecular weight excluding hydrogens is 238 g/mol. The monoisotopic (exact) mass is 249 g/mol. The van der Waals surface area contributed by atoms with E-state index in [1.165, 1.54) is 0 Å². The van der Waals surface area contributed by atoms with Gasteiger partial charge in [0.25, 0.3) is 0 Å². The summed E-state index contributed by atoms with van der Waals surface area (Å²) in [6, 6.07) is 7.22. The molecule has 1 heterocycles. The fourth-order valence-corrected chi connectivity index (χ4v) is 1.71. The maximum Gasteiger partial charge on any atom is 0.144 e. The van der Waals surface area contributed by atoms with Crippen molar-refractivity contribution in [2.45, 2.75) is 6.10 Å². The Kier molecular flexibility index (Phi) is 3.90.